The van der Waals surface area contributed by atoms with E-state index in [9.17, 15) is 14.4 Å². The third-order valence-electron chi connectivity index (χ3n) is 3.26. The fraction of sp³-hybridized carbons (Fsp3) is 0.727. The second-order valence-corrected chi connectivity index (χ2v) is 4.41. The van der Waals surface area contributed by atoms with E-state index in [-0.39, 0.29) is 30.6 Å². The van der Waals surface area contributed by atoms with Gasteiger partial charge in [0, 0.05) is 39.0 Å². The summed E-state index contributed by atoms with van der Waals surface area (Å²) >= 11 is 0. The van der Waals surface area contributed by atoms with Crippen LogP contribution in [-0.2, 0) is 14.4 Å². The Bertz CT molecular complexity index is 334. The number of rotatable bonds is 2. The molecule has 0 spiro atoms. The van der Waals surface area contributed by atoms with Crippen LogP contribution in [-0.4, -0.2) is 59.7 Å². The molecule has 94 valence electrons. The zero-order valence-electron chi connectivity index (χ0n) is 9.94. The molecule has 0 saturated carbocycles. The summed E-state index contributed by atoms with van der Waals surface area (Å²) in [6.45, 7) is 4.44. The van der Waals surface area contributed by atoms with Crippen LogP contribution in [0.5, 0.6) is 0 Å². The van der Waals surface area contributed by atoms with Gasteiger partial charge in [0.05, 0.1) is 0 Å². The fourth-order valence-corrected chi connectivity index (χ4v) is 2.29. The van der Waals surface area contributed by atoms with Crippen LogP contribution >= 0.6 is 0 Å². The molecule has 6 heteroatoms. The van der Waals surface area contributed by atoms with Crippen molar-refractivity contribution in [1.82, 2.24) is 15.1 Å². The molecule has 17 heavy (non-hydrogen) atoms. The van der Waals surface area contributed by atoms with Crippen LogP contribution in [0.1, 0.15) is 19.8 Å². The smallest absolute Gasteiger partial charge is 0.245 e. The van der Waals surface area contributed by atoms with E-state index >= 15 is 0 Å². The predicted molar refractivity (Wildman–Crippen MR) is 60.0 cm³/mol. The Morgan fingerprint density at radius 1 is 1.18 bits per heavy atom. The molecule has 0 aromatic rings. The topological polar surface area (TPSA) is 69.7 Å². The number of nitrogens with zero attached hydrogens (tertiary/aromatic N) is 2. The van der Waals surface area contributed by atoms with E-state index in [0.717, 1.165) is 18.0 Å². The van der Waals surface area contributed by atoms with Gasteiger partial charge in [-0.15, -0.1) is 0 Å². The number of hydrogen-bond acceptors (Lipinski definition) is 4. The quantitative estimate of drug-likeness (QED) is 0.625. The van der Waals surface area contributed by atoms with Gasteiger partial charge in [-0.25, -0.2) is 0 Å². The molecule has 6 nitrogen and oxygen atoms in total. The molecule has 0 bridgehead atoms. The Morgan fingerprint density at radius 3 is 2.24 bits per heavy atom. The maximum Gasteiger partial charge on any atom is 0.245 e. The lowest BCUT2D eigenvalue weighted by Crippen LogP contribution is -2.54. The third kappa shape index (κ3) is 2.31. The van der Waals surface area contributed by atoms with Crippen molar-refractivity contribution in [2.24, 2.45) is 0 Å². The van der Waals surface area contributed by atoms with E-state index in [4.69, 9.17) is 0 Å². The summed E-state index contributed by atoms with van der Waals surface area (Å²) in [6.07, 6.45) is 0.468. The summed E-state index contributed by atoms with van der Waals surface area (Å²) in [6, 6.07) is -0.657. The van der Waals surface area contributed by atoms with Crippen LogP contribution in [0, 0.1) is 0 Å². The number of piperazine rings is 1. The second-order valence-electron chi connectivity index (χ2n) is 4.41. The third-order valence-corrected chi connectivity index (χ3v) is 3.26. The largest absolute Gasteiger partial charge is 0.338 e. The lowest BCUT2D eigenvalue weighted by atomic mass is 10.2. The van der Waals surface area contributed by atoms with Gasteiger partial charge in [0.25, 0.3) is 0 Å². The first-order valence-corrected chi connectivity index (χ1v) is 5.95. The SMILES string of the molecule is CC(C(=O)N1CCNCC1)N1C(=O)CCC1=O. The van der Waals surface area contributed by atoms with Crippen molar-refractivity contribution in [3.63, 3.8) is 0 Å². The normalized spacial score (nSPS) is 23.1. The van der Waals surface area contributed by atoms with Gasteiger partial charge in [0.2, 0.25) is 17.7 Å². The van der Waals surface area contributed by atoms with Gasteiger partial charge in [-0.05, 0) is 6.92 Å². The number of carbonyl (C=O) groups excluding carboxylic acids is 3. The highest BCUT2D eigenvalue weighted by Gasteiger charge is 2.37. The molecule has 1 unspecified atom stereocenters. The zero-order chi connectivity index (χ0) is 12.4. The van der Waals surface area contributed by atoms with Crippen LogP contribution in [0.2, 0.25) is 0 Å². The van der Waals surface area contributed by atoms with Gasteiger partial charge in [0.15, 0.2) is 0 Å². The van der Waals surface area contributed by atoms with Gasteiger partial charge in [-0.1, -0.05) is 0 Å². The van der Waals surface area contributed by atoms with Crippen molar-refractivity contribution < 1.29 is 14.4 Å². The predicted octanol–water partition coefficient (Wildman–Crippen LogP) is -1.04. The average Bonchev–Trinajstić information content (AvgIpc) is 2.68. The van der Waals surface area contributed by atoms with Gasteiger partial charge >= 0.3 is 0 Å². The lowest BCUT2D eigenvalue weighted by molar-refractivity contribution is -0.150. The highest BCUT2D eigenvalue weighted by Crippen LogP contribution is 2.16. The molecule has 1 atom stereocenters. The molecule has 2 fully saturated rings. The Morgan fingerprint density at radius 2 is 1.71 bits per heavy atom. The van der Waals surface area contributed by atoms with Gasteiger partial charge < -0.3 is 10.2 Å². The molecule has 0 aliphatic carbocycles. The first-order valence-electron chi connectivity index (χ1n) is 5.95. The monoisotopic (exact) mass is 239 g/mol. The minimum atomic E-state index is -0.657. The number of amides is 3. The van der Waals surface area contributed by atoms with Crippen LogP contribution in [0.3, 0.4) is 0 Å². The maximum atomic E-state index is 12.1. The first kappa shape index (κ1) is 12.0. The Labute approximate surface area is 99.9 Å². The molecule has 0 aromatic carbocycles. The Hall–Kier alpha value is -1.43. The Kier molecular flexibility index (Phi) is 3.42. The highest BCUT2D eigenvalue weighted by atomic mass is 16.2. The summed E-state index contributed by atoms with van der Waals surface area (Å²) in [7, 11) is 0. The highest BCUT2D eigenvalue weighted by molar-refractivity contribution is 6.05. The molecule has 0 aromatic heterocycles. The van der Waals surface area contributed by atoms with E-state index in [1.807, 2.05) is 0 Å². The van der Waals surface area contributed by atoms with Crippen molar-refractivity contribution in [1.29, 1.82) is 0 Å². The average molecular weight is 239 g/mol. The standard InChI is InChI=1S/C11H17N3O3/c1-8(14-9(15)2-3-10(14)16)11(17)13-6-4-12-5-7-13/h8,12H,2-7H2,1H3. The van der Waals surface area contributed by atoms with Crippen molar-refractivity contribution >= 4 is 17.7 Å². The minimum Gasteiger partial charge on any atom is -0.338 e. The van der Waals surface area contributed by atoms with Gasteiger partial charge in [-0.3, -0.25) is 19.3 Å². The van der Waals surface area contributed by atoms with Crippen molar-refractivity contribution in [2.45, 2.75) is 25.8 Å². The van der Waals surface area contributed by atoms with E-state index < -0.39 is 6.04 Å². The van der Waals surface area contributed by atoms with E-state index in [1.54, 1.807) is 11.8 Å². The molecule has 2 rings (SSSR count). The maximum absolute atomic E-state index is 12.1. The van der Waals surface area contributed by atoms with E-state index in [2.05, 4.69) is 5.32 Å². The number of hydrogen-bond donors (Lipinski definition) is 1. The van der Waals surface area contributed by atoms with Crippen molar-refractivity contribution in [3.05, 3.63) is 0 Å². The molecule has 2 heterocycles. The first-order chi connectivity index (χ1) is 8.11. The van der Waals surface area contributed by atoms with Gasteiger partial charge in [-0.2, -0.15) is 0 Å². The summed E-state index contributed by atoms with van der Waals surface area (Å²) in [5.41, 5.74) is 0. The summed E-state index contributed by atoms with van der Waals surface area (Å²) in [5, 5.41) is 3.15. The van der Waals surface area contributed by atoms with E-state index in [0.29, 0.717) is 13.1 Å². The number of likely N-dealkylation sites (tertiary alicyclic amines) is 1. The summed E-state index contributed by atoms with van der Waals surface area (Å²) in [5.74, 6) is -0.591. The van der Waals surface area contributed by atoms with Gasteiger partial charge in [0.1, 0.15) is 6.04 Å². The Balaban J connectivity index is 2.03. The molecule has 2 aliphatic rings. The van der Waals surface area contributed by atoms with Crippen LogP contribution in [0.15, 0.2) is 0 Å². The number of imide groups is 1. The van der Waals surface area contributed by atoms with Crippen LogP contribution < -0.4 is 5.32 Å². The molecule has 3 amide bonds. The molecule has 0 radical (unpaired) electrons. The molecule has 1 N–H and O–H groups in total. The van der Waals surface area contributed by atoms with Crippen LogP contribution in [0.25, 0.3) is 0 Å². The fourth-order valence-electron chi connectivity index (χ4n) is 2.29. The van der Waals surface area contributed by atoms with Crippen LogP contribution in [0.4, 0.5) is 0 Å². The van der Waals surface area contributed by atoms with E-state index in [1.165, 1.54) is 0 Å². The lowest BCUT2D eigenvalue weighted by Gasteiger charge is -2.32. The second kappa shape index (κ2) is 4.83. The molecular formula is C11H17N3O3. The summed E-state index contributed by atoms with van der Waals surface area (Å²) < 4.78 is 0. The summed E-state index contributed by atoms with van der Waals surface area (Å²) in [4.78, 5) is 38.0. The minimum absolute atomic E-state index is 0.130. The van der Waals surface area contributed by atoms with Crippen molar-refractivity contribution in [3.8, 4) is 0 Å². The molecular weight excluding hydrogens is 222 g/mol. The zero-order valence-corrected chi connectivity index (χ0v) is 9.94. The van der Waals surface area contributed by atoms with Crippen molar-refractivity contribution in [2.75, 3.05) is 26.2 Å². The molecule has 2 saturated heterocycles. The number of carbonyl (C=O) groups is 3. The molecule has 2 aliphatic heterocycles. The number of nitrogens with one attached hydrogen (secondary N) is 1.